The van der Waals surface area contributed by atoms with Crippen LogP contribution in [0.4, 0.5) is 0 Å². The topological polar surface area (TPSA) is 17.0 Å². The zero-order valence-corrected chi connectivity index (χ0v) is 16.1. The van der Waals surface area contributed by atoms with Crippen molar-refractivity contribution in [1.82, 2.24) is 4.98 Å². The summed E-state index contributed by atoms with van der Waals surface area (Å²) in [6, 6.07) is 30.0. The maximum Gasteiger partial charge on any atom is 0.336 e. The predicted molar refractivity (Wildman–Crippen MR) is 115 cm³/mol. The van der Waals surface area contributed by atoms with Gasteiger partial charge in [-0.2, -0.15) is 4.40 Å². The highest BCUT2D eigenvalue weighted by Crippen LogP contribution is 2.30. The van der Waals surface area contributed by atoms with Crippen LogP contribution in [0.2, 0.25) is 0 Å². The standard InChI is InChI=1S/C26H21N2/c1-18-15-24(21-11-7-4-8-12-21)25-14-13-22-23(20-9-5-3-6-10-20)16-19(2)27-26(22)28(25)17-18/h3-17H,1-2H3/q+1. The summed E-state index contributed by atoms with van der Waals surface area (Å²) < 4.78 is 2.24. The SMILES string of the molecule is Cc1cc(-c2ccccc2)c2ccc3c(-c4ccccc4)cc(C)nc3[n+]2c1. The van der Waals surface area contributed by atoms with Crippen LogP contribution >= 0.6 is 0 Å². The van der Waals surface area contributed by atoms with E-state index in [1.807, 2.05) is 0 Å². The molecule has 0 aliphatic rings. The Morgan fingerprint density at radius 2 is 1.32 bits per heavy atom. The van der Waals surface area contributed by atoms with Gasteiger partial charge in [0.15, 0.2) is 5.69 Å². The first-order valence-corrected chi connectivity index (χ1v) is 9.58. The molecule has 0 atom stereocenters. The second kappa shape index (κ2) is 6.58. The molecule has 0 fully saturated rings. The van der Waals surface area contributed by atoms with Crippen LogP contribution in [0.15, 0.2) is 91.1 Å². The van der Waals surface area contributed by atoms with Crippen molar-refractivity contribution in [3.05, 3.63) is 102 Å². The summed E-state index contributed by atoms with van der Waals surface area (Å²) in [6.07, 6.45) is 2.19. The van der Waals surface area contributed by atoms with E-state index in [9.17, 15) is 0 Å². The summed E-state index contributed by atoms with van der Waals surface area (Å²) in [7, 11) is 0. The first kappa shape index (κ1) is 16.6. The molecule has 134 valence electrons. The van der Waals surface area contributed by atoms with Crippen LogP contribution in [0.25, 0.3) is 38.8 Å². The fraction of sp³-hybridized carbons (Fsp3) is 0.0769. The molecule has 0 unspecified atom stereocenters. The molecule has 0 N–H and O–H groups in total. The van der Waals surface area contributed by atoms with Crippen LogP contribution in [-0.2, 0) is 0 Å². The van der Waals surface area contributed by atoms with Crippen molar-refractivity contribution in [2.45, 2.75) is 13.8 Å². The molecule has 2 heteroatoms. The van der Waals surface area contributed by atoms with Gasteiger partial charge in [-0.3, -0.25) is 0 Å². The summed E-state index contributed by atoms with van der Waals surface area (Å²) >= 11 is 0. The zero-order valence-electron chi connectivity index (χ0n) is 16.1. The highest BCUT2D eigenvalue weighted by atomic mass is 15.0. The van der Waals surface area contributed by atoms with Crippen LogP contribution in [0.3, 0.4) is 0 Å². The van der Waals surface area contributed by atoms with Crippen molar-refractivity contribution in [2.75, 3.05) is 0 Å². The number of benzene rings is 2. The quantitative estimate of drug-likeness (QED) is 0.281. The lowest BCUT2D eigenvalue weighted by atomic mass is 9.99. The first-order valence-electron chi connectivity index (χ1n) is 9.58. The predicted octanol–water partition coefficient (Wildman–Crippen LogP) is 5.92. The van der Waals surface area contributed by atoms with E-state index in [0.717, 1.165) is 11.3 Å². The summed E-state index contributed by atoms with van der Waals surface area (Å²) in [4.78, 5) is 4.93. The fourth-order valence-electron chi connectivity index (χ4n) is 3.97. The molecule has 2 aromatic carbocycles. The molecule has 3 aromatic heterocycles. The van der Waals surface area contributed by atoms with E-state index < -0.39 is 0 Å². The third-order valence-electron chi connectivity index (χ3n) is 5.21. The van der Waals surface area contributed by atoms with Crippen molar-refractivity contribution >= 4 is 16.6 Å². The number of aromatic nitrogens is 2. The first-order chi connectivity index (χ1) is 13.7. The van der Waals surface area contributed by atoms with Crippen LogP contribution < -0.4 is 4.40 Å². The van der Waals surface area contributed by atoms with Gasteiger partial charge < -0.3 is 0 Å². The highest BCUT2D eigenvalue weighted by molar-refractivity contribution is 5.93. The second-order valence-electron chi connectivity index (χ2n) is 7.30. The number of hydrogen-bond acceptors (Lipinski definition) is 1. The van der Waals surface area contributed by atoms with E-state index >= 15 is 0 Å². The second-order valence-corrected chi connectivity index (χ2v) is 7.30. The third-order valence-corrected chi connectivity index (χ3v) is 5.21. The Kier molecular flexibility index (Phi) is 3.91. The number of pyridine rings is 3. The van der Waals surface area contributed by atoms with E-state index in [-0.39, 0.29) is 0 Å². The van der Waals surface area contributed by atoms with Crippen molar-refractivity contribution < 1.29 is 4.40 Å². The molecule has 0 spiro atoms. The smallest absolute Gasteiger partial charge is 0.195 e. The molecule has 5 rings (SSSR count). The van der Waals surface area contributed by atoms with Crippen molar-refractivity contribution in [1.29, 1.82) is 0 Å². The lowest BCUT2D eigenvalue weighted by Gasteiger charge is -2.10. The van der Waals surface area contributed by atoms with E-state index in [1.54, 1.807) is 0 Å². The molecule has 0 aliphatic carbocycles. The highest BCUT2D eigenvalue weighted by Gasteiger charge is 2.18. The molecular weight excluding hydrogens is 340 g/mol. The third kappa shape index (κ3) is 2.74. The Morgan fingerprint density at radius 3 is 2.00 bits per heavy atom. The van der Waals surface area contributed by atoms with E-state index in [0.29, 0.717) is 0 Å². The summed E-state index contributed by atoms with van der Waals surface area (Å²) in [6.45, 7) is 4.21. The van der Waals surface area contributed by atoms with Crippen LogP contribution in [-0.4, -0.2) is 4.98 Å². The summed E-state index contributed by atoms with van der Waals surface area (Å²) in [5, 5.41) is 1.17. The van der Waals surface area contributed by atoms with Gasteiger partial charge in [0.1, 0.15) is 5.52 Å². The average Bonchev–Trinajstić information content (AvgIpc) is 2.74. The van der Waals surface area contributed by atoms with E-state index in [4.69, 9.17) is 4.98 Å². The Balaban J connectivity index is 1.89. The van der Waals surface area contributed by atoms with Gasteiger partial charge in [-0.15, -0.1) is 0 Å². The van der Waals surface area contributed by atoms with Crippen molar-refractivity contribution in [2.24, 2.45) is 0 Å². The minimum atomic E-state index is 0.997. The molecular formula is C26H21N2+. The number of rotatable bonds is 2. The van der Waals surface area contributed by atoms with Crippen LogP contribution in [0.1, 0.15) is 11.3 Å². The van der Waals surface area contributed by atoms with Gasteiger partial charge in [-0.05, 0) is 52.9 Å². The lowest BCUT2D eigenvalue weighted by Crippen LogP contribution is -2.25. The monoisotopic (exact) mass is 361 g/mol. The van der Waals surface area contributed by atoms with Crippen molar-refractivity contribution in [3.63, 3.8) is 0 Å². The molecule has 0 saturated carbocycles. The molecule has 0 radical (unpaired) electrons. The van der Waals surface area contributed by atoms with Gasteiger partial charge in [-0.1, -0.05) is 60.7 Å². The Morgan fingerprint density at radius 1 is 0.679 bits per heavy atom. The Bertz CT molecular complexity index is 1200. The molecule has 3 heterocycles. The van der Waals surface area contributed by atoms with Gasteiger partial charge in [0.2, 0.25) is 0 Å². The molecule has 0 amide bonds. The normalized spacial score (nSPS) is 11.2. The van der Waals surface area contributed by atoms with Gasteiger partial charge in [0.25, 0.3) is 0 Å². The zero-order chi connectivity index (χ0) is 19.1. The summed E-state index contributed by atoms with van der Waals surface area (Å²) in [5.74, 6) is 0. The van der Waals surface area contributed by atoms with E-state index in [1.165, 1.54) is 38.7 Å². The molecule has 28 heavy (non-hydrogen) atoms. The Hall–Kier alpha value is -3.52. The maximum atomic E-state index is 4.93. The number of fused-ring (bicyclic) bond motifs is 3. The molecule has 0 aliphatic heterocycles. The van der Waals surface area contributed by atoms with Crippen LogP contribution in [0, 0.1) is 13.8 Å². The average molecular weight is 361 g/mol. The minimum absolute atomic E-state index is 0.997. The lowest BCUT2D eigenvalue weighted by molar-refractivity contribution is -0.484. The molecule has 5 aromatic rings. The number of nitrogens with zero attached hydrogens (tertiary/aromatic N) is 2. The van der Waals surface area contributed by atoms with Gasteiger partial charge >= 0.3 is 5.65 Å². The largest absolute Gasteiger partial charge is 0.336 e. The van der Waals surface area contributed by atoms with Crippen LogP contribution in [0.5, 0.6) is 0 Å². The number of aryl methyl sites for hydroxylation is 2. The van der Waals surface area contributed by atoms with Gasteiger partial charge in [0, 0.05) is 18.1 Å². The van der Waals surface area contributed by atoms with Gasteiger partial charge in [-0.25, -0.2) is 0 Å². The minimum Gasteiger partial charge on any atom is -0.195 e. The van der Waals surface area contributed by atoms with Gasteiger partial charge in [0.05, 0.1) is 11.6 Å². The Labute approximate surface area is 164 Å². The van der Waals surface area contributed by atoms with E-state index in [2.05, 4.69) is 109 Å². The maximum absolute atomic E-state index is 4.93. The fourth-order valence-corrected chi connectivity index (χ4v) is 3.97. The summed E-state index contributed by atoms with van der Waals surface area (Å²) in [5.41, 5.74) is 9.29. The van der Waals surface area contributed by atoms with Crippen molar-refractivity contribution in [3.8, 4) is 22.3 Å². The number of hydrogen-bond donors (Lipinski definition) is 0. The molecule has 2 nitrogen and oxygen atoms in total. The molecule has 0 bridgehead atoms. The molecule has 0 saturated heterocycles.